The van der Waals surface area contributed by atoms with Crippen molar-refractivity contribution in [1.29, 1.82) is 0 Å². The van der Waals surface area contributed by atoms with Crippen LogP contribution in [0, 0.1) is 6.92 Å². The van der Waals surface area contributed by atoms with E-state index in [0.29, 0.717) is 34.5 Å². The lowest BCUT2D eigenvalue weighted by Crippen LogP contribution is -2.23. The monoisotopic (exact) mass is 387 g/mol. The van der Waals surface area contributed by atoms with Gasteiger partial charge in [-0.25, -0.2) is 0 Å². The Morgan fingerprint density at radius 2 is 1.96 bits per heavy atom. The quantitative estimate of drug-likeness (QED) is 0.604. The first-order valence-corrected chi connectivity index (χ1v) is 9.52. The number of halogens is 1. The van der Waals surface area contributed by atoms with E-state index in [1.54, 1.807) is 17.8 Å². The largest absolute Gasteiger partial charge is 0.347 e. The second-order valence-corrected chi connectivity index (χ2v) is 7.26. The Kier molecular flexibility index (Phi) is 6.30. The summed E-state index contributed by atoms with van der Waals surface area (Å²) in [6, 6.07) is 15.5. The standard InChI is InChI=1S/C19H18ClN3O2S/c1-13-6-8-14(9-7-13)26-11-10-17(24)21-12-18-22-19(23-25-18)15-4-2-3-5-16(15)20/h2-9H,10-12H2,1H3,(H,21,24). The minimum Gasteiger partial charge on any atom is -0.347 e. The highest BCUT2D eigenvalue weighted by molar-refractivity contribution is 7.99. The molecule has 5 nitrogen and oxygen atoms in total. The number of carbonyl (C=O) groups is 1. The number of carbonyl (C=O) groups excluding carboxylic acids is 1. The highest BCUT2D eigenvalue weighted by Crippen LogP contribution is 2.24. The van der Waals surface area contributed by atoms with E-state index < -0.39 is 0 Å². The van der Waals surface area contributed by atoms with Crippen molar-refractivity contribution in [2.24, 2.45) is 0 Å². The van der Waals surface area contributed by atoms with E-state index in [4.69, 9.17) is 16.1 Å². The van der Waals surface area contributed by atoms with E-state index in [-0.39, 0.29) is 12.5 Å². The lowest BCUT2D eigenvalue weighted by atomic mass is 10.2. The minimum absolute atomic E-state index is 0.0536. The van der Waals surface area contributed by atoms with Crippen molar-refractivity contribution in [2.45, 2.75) is 24.8 Å². The maximum atomic E-state index is 12.0. The van der Waals surface area contributed by atoms with Crippen LogP contribution in [0.25, 0.3) is 11.4 Å². The van der Waals surface area contributed by atoms with Crippen molar-refractivity contribution in [3.63, 3.8) is 0 Å². The van der Waals surface area contributed by atoms with Crippen LogP contribution in [0.4, 0.5) is 0 Å². The predicted molar refractivity (Wildman–Crippen MR) is 103 cm³/mol. The van der Waals surface area contributed by atoms with Crippen LogP contribution in [0.1, 0.15) is 17.9 Å². The van der Waals surface area contributed by atoms with E-state index in [0.717, 1.165) is 4.90 Å². The van der Waals surface area contributed by atoms with Crippen molar-refractivity contribution in [3.05, 3.63) is 65.0 Å². The highest BCUT2D eigenvalue weighted by atomic mass is 35.5. The van der Waals surface area contributed by atoms with Crippen molar-refractivity contribution in [1.82, 2.24) is 15.5 Å². The number of thioether (sulfide) groups is 1. The van der Waals surface area contributed by atoms with Crippen LogP contribution in [0.2, 0.25) is 5.02 Å². The molecule has 0 unspecified atom stereocenters. The average Bonchev–Trinajstić information content (AvgIpc) is 3.11. The first-order chi connectivity index (χ1) is 12.6. The molecule has 0 atom stereocenters. The summed E-state index contributed by atoms with van der Waals surface area (Å²) in [4.78, 5) is 17.4. The minimum atomic E-state index is -0.0536. The van der Waals surface area contributed by atoms with Crippen LogP contribution in [0.5, 0.6) is 0 Å². The third-order valence-corrected chi connectivity index (χ3v) is 4.98. The molecule has 0 fully saturated rings. The molecule has 0 saturated heterocycles. The average molecular weight is 388 g/mol. The molecule has 1 aromatic heterocycles. The van der Waals surface area contributed by atoms with Gasteiger partial charge in [-0.15, -0.1) is 11.8 Å². The molecule has 1 heterocycles. The fourth-order valence-electron chi connectivity index (χ4n) is 2.24. The number of nitrogens with one attached hydrogen (secondary N) is 1. The van der Waals surface area contributed by atoms with Gasteiger partial charge in [-0.05, 0) is 31.2 Å². The Hall–Kier alpha value is -2.31. The molecule has 1 N–H and O–H groups in total. The molecule has 3 rings (SSSR count). The van der Waals surface area contributed by atoms with Crippen LogP contribution in [0.3, 0.4) is 0 Å². The number of benzene rings is 2. The smallest absolute Gasteiger partial charge is 0.246 e. The molecule has 3 aromatic rings. The van der Waals surface area contributed by atoms with Crippen LogP contribution >= 0.6 is 23.4 Å². The number of rotatable bonds is 7. The van der Waals surface area contributed by atoms with Crippen LogP contribution in [0.15, 0.2) is 57.9 Å². The van der Waals surface area contributed by atoms with Crippen LogP contribution in [-0.2, 0) is 11.3 Å². The van der Waals surface area contributed by atoms with Gasteiger partial charge in [0, 0.05) is 22.6 Å². The number of aryl methyl sites for hydroxylation is 1. The third kappa shape index (κ3) is 5.09. The van der Waals surface area contributed by atoms with Gasteiger partial charge in [-0.3, -0.25) is 4.79 Å². The fraction of sp³-hybridized carbons (Fsp3) is 0.211. The number of hydrogen-bond acceptors (Lipinski definition) is 5. The van der Waals surface area contributed by atoms with Gasteiger partial charge in [0.2, 0.25) is 17.6 Å². The molecule has 0 bridgehead atoms. The van der Waals surface area contributed by atoms with E-state index in [9.17, 15) is 4.79 Å². The van der Waals surface area contributed by atoms with E-state index in [2.05, 4.69) is 46.6 Å². The van der Waals surface area contributed by atoms with Crippen molar-refractivity contribution >= 4 is 29.3 Å². The van der Waals surface area contributed by atoms with E-state index in [1.165, 1.54) is 5.56 Å². The third-order valence-electron chi connectivity index (χ3n) is 3.64. The molecular formula is C19H18ClN3O2S. The maximum Gasteiger partial charge on any atom is 0.246 e. The van der Waals surface area contributed by atoms with Gasteiger partial charge in [0.05, 0.1) is 11.6 Å². The highest BCUT2D eigenvalue weighted by Gasteiger charge is 2.12. The molecule has 0 radical (unpaired) electrons. The topological polar surface area (TPSA) is 68.0 Å². The summed E-state index contributed by atoms with van der Waals surface area (Å²) in [5, 5.41) is 7.25. The molecule has 2 aromatic carbocycles. The van der Waals surface area contributed by atoms with Gasteiger partial charge in [-0.1, -0.05) is 46.6 Å². The summed E-state index contributed by atoms with van der Waals surface area (Å²) < 4.78 is 5.17. The molecular weight excluding hydrogens is 370 g/mol. The maximum absolute atomic E-state index is 12.0. The van der Waals surface area contributed by atoms with Gasteiger partial charge in [0.25, 0.3) is 0 Å². The normalized spacial score (nSPS) is 10.7. The fourth-order valence-corrected chi connectivity index (χ4v) is 3.31. The molecule has 7 heteroatoms. The Bertz CT molecular complexity index is 881. The molecule has 0 aliphatic rings. The van der Waals surface area contributed by atoms with Gasteiger partial charge in [-0.2, -0.15) is 4.98 Å². The van der Waals surface area contributed by atoms with E-state index >= 15 is 0 Å². The van der Waals surface area contributed by atoms with Gasteiger partial charge >= 0.3 is 0 Å². The van der Waals surface area contributed by atoms with Gasteiger partial charge < -0.3 is 9.84 Å². The van der Waals surface area contributed by atoms with Gasteiger partial charge in [0.15, 0.2) is 0 Å². The first kappa shape index (κ1) is 18.5. The molecule has 0 spiro atoms. The van der Waals surface area contributed by atoms with Crippen molar-refractivity contribution < 1.29 is 9.32 Å². The lowest BCUT2D eigenvalue weighted by Gasteiger charge is -2.03. The summed E-state index contributed by atoms with van der Waals surface area (Å²) in [6.07, 6.45) is 0.421. The molecule has 0 saturated carbocycles. The predicted octanol–water partition coefficient (Wildman–Crippen LogP) is 4.50. The number of nitrogens with zero attached hydrogens (tertiary/aromatic N) is 2. The Labute approximate surface area is 161 Å². The molecule has 1 amide bonds. The summed E-state index contributed by atoms with van der Waals surface area (Å²) in [5.41, 5.74) is 1.92. The second kappa shape index (κ2) is 8.87. The Morgan fingerprint density at radius 3 is 2.73 bits per heavy atom. The number of hydrogen-bond donors (Lipinski definition) is 1. The number of amides is 1. The zero-order valence-electron chi connectivity index (χ0n) is 14.2. The Balaban J connectivity index is 1.45. The molecule has 0 aliphatic carbocycles. The molecule has 26 heavy (non-hydrogen) atoms. The Morgan fingerprint density at radius 1 is 1.19 bits per heavy atom. The molecule has 0 aliphatic heterocycles. The zero-order valence-corrected chi connectivity index (χ0v) is 15.8. The first-order valence-electron chi connectivity index (χ1n) is 8.15. The lowest BCUT2D eigenvalue weighted by molar-refractivity contribution is -0.120. The van der Waals surface area contributed by atoms with Gasteiger partial charge in [0.1, 0.15) is 0 Å². The SMILES string of the molecule is Cc1ccc(SCCC(=O)NCc2nc(-c3ccccc3Cl)no2)cc1. The van der Waals surface area contributed by atoms with Crippen LogP contribution in [-0.4, -0.2) is 21.8 Å². The van der Waals surface area contributed by atoms with Crippen molar-refractivity contribution in [3.8, 4) is 11.4 Å². The summed E-state index contributed by atoms with van der Waals surface area (Å²) in [5.74, 6) is 1.42. The van der Waals surface area contributed by atoms with Crippen molar-refractivity contribution in [2.75, 3.05) is 5.75 Å². The summed E-state index contributed by atoms with van der Waals surface area (Å²) in [6.45, 7) is 2.25. The number of aromatic nitrogens is 2. The molecule has 134 valence electrons. The zero-order chi connectivity index (χ0) is 18.4. The second-order valence-electron chi connectivity index (χ2n) is 5.68. The van der Waals surface area contributed by atoms with E-state index in [1.807, 2.05) is 18.2 Å². The summed E-state index contributed by atoms with van der Waals surface area (Å²) in [7, 11) is 0. The summed E-state index contributed by atoms with van der Waals surface area (Å²) >= 11 is 7.77. The van der Waals surface area contributed by atoms with Crippen LogP contribution < -0.4 is 5.32 Å².